The molecule has 0 aliphatic carbocycles. The Hall–Kier alpha value is -1.80. The van der Waals surface area contributed by atoms with E-state index in [1.54, 1.807) is 0 Å². The summed E-state index contributed by atoms with van der Waals surface area (Å²) >= 11 is 0. The number of nitrogens with one attached hydrogen (secondary N) is 1. The number of aryl methyl sites for hydroxylation is 2. The largest absolute Gasteiger partial charge is 0.377 e. The van der Waals surface area contributed by atoms with Crippen LogP contribution in [0, 0.1) is 13.8 Å². The molecule has 2 nitrogen and oxygen atoms in total. The highest BCUT2D eigenvalue weighted by Crippen LogP contribution is 2.23. The van der Waals surface area contributed by atoms with Gasteiger partial charge >= 0.3 is 0 Å². The minimum Gasteiger partial charge on any atom is -0.377 e. The summed E-state index contributed by atoms with van der Waals surface area (Å²) in [7, 11) is 0. The van der Waals surface area contributed by atoms with Crippen molar-refractivity contribution < 1.29 is 0 Å². The average Bonchev–Trinajstić information content (AvgIpc) is 2.39. The van der Waals surface area contributed by atoms with Gasteiger partial charge in [0.05, 0.1) is 6.04 Å². The smallest absolute Gasteiger partial charge is 0.0638 e. The SMILES string of the molecule is Cc1ccccc1NC(CN)c1ccccc1C. The summed E-state index contributed by atoms with van der Waals surface area (Å²) in [6, 6.07) is 16.8. The maximum atomic E-state index is 5.91. The molecule has 1 unspecified atom stereocenters. The van der Waals surface area contributed by atoms with Crippen LogP contribution in [-0.2, 0) is 0 Å². The van der Waals surface area contributed by atoms with Crippen LogP contribution in [0.3, 0.4) is 0 Å². The van der Waals surface area contributed by atoms with Crippen LogP contribution in [0.2, 0.25) is 0 Å². The summed E-state index contributed by atoms with van der Waals surface area (Å²) in [6.07, 6.45) is 0. The van der Waals surface area contributed by atoms with E-state index in [-0.39, 0.29) is 6.04 Å². The number of hydrogen-bond donors (Lipinski definition) is 2. The van der Waals surface area contributed by atoms with Crippen LogP contribution >= 0.6 is 0 Å². The Bertz CT molecular complexity index is 520. The van der Waals surface area contributed by atoms with E-state index in [9.17, 15) is 0 Å². The van der Waals surface area contributed by atoms with Gasteiger partial charge in [-0.15, -0.1) is 0 Å². The van der Waals surface area contributed by atoms with E-state index in [0.717, 1.165) is 5.69 Å². The van der Waals surface area contributed by atoms with Crippen LogP contribution in [0.1, 0.15) is 22.7 Å². The van der Waals surface area contributed by atoms with E-state index in [2.05, 4.69) is 55.6 Å². The predicted molar refractivity (Wildman–Crippen MR) is 77.8 cm³/mol. The first-order valence-corrected chi connectivity index (χ1v) is 6.30. The Morgan fingerprint density at radius 3 is 2.17 bits per heavy atom. The zero-order valence-electron chi connectivity index (χ0n) is 11.0. The van der Waals surface area contributed by atoms with Crippen molar-refractivity contribution in [3.05, 3.63) is 65.2 Å². The molecular weight excluding hydrogens is 220 g/mol. The van der Waals surface area contributed by atoms with Crippen molar-refractivity contribution >= 4 is 5.69 Å². The van der Waals surface area contributed by atoms with E-state index in [1.807, 2.05) is 12.1 Å². The van der Waals surface area contributed by atoms with Crippen molar-refractivity contribution in [2.24, 2.45) is 5.73 Å². The third-order valence-corrected chi connectivity index (χ3v) is 3.27. The summed E-state index contributed by atoms with van der Waals surface area (Å²) in [5.41, 5.74) is 10.8. The number of nitrogens with two attached hydrogens (primary N) is 1. The first-order chi connectivity index (χ1) is 8.72. The maximum Gasteiger partial charge on any atom is 0.0638 e. The molecular formula is C16H20N2. The zero-order chi connectivity index (χ0) is 13.0. The summed E-state index contributed by atoms with van der Waals surface area (Å²) in [4.78, 5) is 0. The van der Waals surface area contributed by atoms with Crippen molar-refractivity contribution in [1.82, 2.24) is 0 Å². The Morgan fingerprint density at radius 1 is 0.944 bits per heavy atom. The van der Waals surface area contributed by atoms with Crippen LogP contribution in [0.15, 0.2) is 48.5 Å². The number of hydrogen-bond acceptors (Lipinski definition) is 2. The van der Waals surface area contributed by atoms with E-state index >= 15 is 0 Å². The Labute approximate surface area is 109 Å². The standard InChI is InChI=1S/C16H20N2/c1-12-7-3-5-9-14(12)16(11-17)18-15-10-6-4-8-13(15)2/h3-10,16,18H,11,17H2,1-2H3. The number of benzene rings is 2. The fourth-order valence-electron chi connectivity index (χ4n) is 2.16. The van der Waals surface area contributed by atoms with Crippen molar-refractivity contribution in [2.45, 2.75) is 19.9 Å². The second-order valence-electron chi connectivity index (χ2n) is 4.60. The summed E-state index contributed by atoms with van der Waals surface area (Å²) in [5.74, 6) is 0. The van der Waals surface area contributed by atoms with Crippen LogP contribution in [0.4, 0.5) is 5.69 Å². The van der Waals surface area contributed by atoms with Crippen molar-refractivity contribution in [1.29, 1.82) is 0 Å². The van der Waals surface area contributed by atoms with Gasteiger partial charge in [-0.1, -0.05) is 42.5 Å². The lowest BCUT2D eigenvalue weighted by molar-refractivity contribution is 0.782. The number of anilines is 1. The Morgan fingerprint density at radius 2 is 1.56 bits per heavy atom. The van der Waals surface area contributed by atoms with E-state index in [4.69, 9.17) is 5.73 Å². The van der Waals surface area contributed by atoms with Crippen molar-refractivity contribution in [2.75, 3.05) is 11.9 Å². The molecule has 0 amide bonds. The van der Waals surface area contributed by atoms with Gasteiger partial charge in [0.15, 0.2) is 0 Å². The molecule has 0 aromatic heterocycles. The second kappa shape index (κ2) is 5.69. The summed E-state index contributed by atoms with van der Waals surface area (Å²) in [5, 5.41) is 3.53. The van der Waals surface area contributed by atoms with Gasteiger partial charge in [0, 0.05) is 12.2 Å². The number of rotatable bonds is 4. The molecule has 2 aromatic carbocycles. The molecule has 0 saturated heterocycles. The lowest BCUT2D eigenvalue weighted by atomic mass is 10.0. The molecule has 2 rings (SSSR count). The van der Waals surface area contributed by atoms with Crippen LogP contribution in [0.25, 0.3) is 0 Å². The van der Waals surface area contributed by atoms with Crippen molar-refractivity contribution in [3.63, 3.8) is 0 Å². The molecule has 0 spiro atoms. The summed E-state index contributed by atoms with van der Waals surface area (Å²) in [6.45, 7) is 4.81. The van der Waals surface area contributed by atoms with Gasteiger partial charge in [-0.25, -0.2) is 0 Å². The van der Waals surface area contributed by atoms with Gasteiger partial charge in [-0.2, -0.15) is 0 Å². The van der Waals surface area contributed by atoms with Gasteiger partial charge in [0.2, 0.25) is 0 Å². The molecule has 1 atom stereocenters. The van der Waals surface area contributed by atoms with Gasteiger partial charge in [0.1, 0.15) is 0 Å². The average molecular weight is 240 g/mol. The topological polar surface area (TPSA) is 38.0 Å². The fourth-order valence-corrected chi connectivity index (χ4v) is 2.16. The molecule has 94 valence electrons. The van der Waals surface area contributed by atoms with Gasteiger partial charge < -0.3 is 11.1 Å². The quantitative estimate of drug-likeness (QED) is 0.859. The highest BCUT2D eigenvalue weighted by atomic mass is 14.9. The molecule has 0 bridgehead atoms. The third kappa shape index (κ3) is 2.71. The van der Waals surface area contributed by atoms with Crippen LogP contribution in [-0.4, -0.2) is 6.54 Å². The van der Waals surface area contributed by atoms with Gasteiger partial charge in [-0.05, 0) is 36.6 Å². The minimum absolute atomic E-state index is 0.160. The third-order valence-electron chi connectivity index (χ3n) is 3.27. The fraction of sp³-hybridized carbons (Fsp3) is 0.250. The van der Waals surface area contributed by atoms with Gasteiger partial charge in [-0.3, -0.25) is 0 Å². The molecule has 18 heavy (non-hydrogen) atoms. The lowest BCUT2D eigenvalue weighted by Gasteiger charge is -2.21. The molecule has 0 heterocycles. The molecule has 0 aliphatic heterocycles. The highest BCUT2D eigenvalue weighted by molar-refractivity contribution is 5.52. The molecule has 2 heteroatoms. The van der Waals surface area contributed by atoms with Crippen LogP contribution < -0.4 is 11.1 Å². The normalized spacial score (nSPS) is 12.2. The monoisotopic (exact) mass is 240 g/mol. The molecule has 0 fully saturated rings. The molecule has 2 aromatic rings. The lowest BCUT2D eigenvalue weighted by Crippen LogP contribution is -2.21. The second-order valence-corrected chi connectivity index (χ2v) is 4.60. The molecule has 0 saturated carbocycles. The first-order valence-electron chi connectivity index (χ1n) is 6.30. The summed E-state index contributed by atoms with van der Waals surface area (Å²) < 4.78 is 0. The number of para-hydroxylation sites is 1. The minimum atomic E-state index is 0.160. The molecule has 0 aliphatic rings. The Kier molecular flexibility index (Phi) is 4.00. The first kappa shape index (κ1) is 12.7. The maximum absolute atomic E-state index is 5.91. The van der Waals surface area contributed by atoms with Gasteiger partial charge in [0.25, 0.3) is 0 Å². The van der Waals surface area contributed by atoms with Crippen LogP contribution in [0.5, 0.6) is 0 Å². The van der Waals surface area contributed by atoms with E-state index < -0.39 is 0 Å². The Balaban J connectivity index is 2.26. The molecule has 0 radical (unpaired) electrons. The predicted octanol–water partition coefficient (Wildman–Crippen LogP) is 3.42. The van der Waals surface area contributed by atoms with Crippen molar-refractivity contribution in [3.8, 4) is 0 Å². The molecule has 3 N–H and O–H groups in total. The van der Waals surface area contributed by atoms with E-state index in [1.165, 1.54) is 16.7 Å². The highest BCUT2D eigenvalue weighted by Gasteiger charge is 2.12. The van der Waals surface area contributed by atoms with E-state index in [0.29, 0.717) is 6.54 Å². The zero-order valence-corrected chi connectivity index (χ0v) is 11.0.